The molecular formula is C14H20N4O2. The number of likely N-dealkylation sites (N-methyl/N-ethyl adjacent to an activating group) is 1. The van der Waals surface area contributed by atoms with Gasteiger partial charge in [-0.25, -0.2) is 0 Å². The molecule has 0 atom stereocenters. The summed E-state index contributed by atoms with van der Waals surface area (Å²) in [6, 6.07) is 6.52. The molecule has 1 aromatic carbocycles. The summed E-state index contributed by atoms with van der Waals surface area (Å²) in [5.41, 5.74) is 1.07. The van der Waals surface area contributed by atoms with E-state index in [4.69, 9.17) is 0 Å². The van der Waals surface area contributed by atoms with Crippen LogP contribution in [0.1, 0.15) is 18.9 Å². The molecule has 0 saturated heterocycles. The fraction of sp³-hybridized carbons (Fsp3) is 0.500. The zero-order valence-corrected chi connectivity index (χ0v) is 12.2. The SMILES string of the molecule is CCCN(CCN(C)C)c1ccc([N+](=O)[O-])cc1C#N. The molecule has 0 radical (unpaired) electrons. The van der Waals surface area contributed by atoms with Gasteiger partial charge in [0.25, 0.3) is 5.69 Å². The third-order valence-electron chi connectivity index (χ3n) is 2.96. The highest BCUT2D eigenvalue weighted by atomic mass is 16.6. The molecule has 0 aliphatic heterocycles. The van der Waals surface area contributed by atoms with E-state index < -0.39 is 4.92 Å². The van der Waals surface area contributed by atoms with Crippen molar-refractivity contribution in [1.82, 2.24) is 4.90 Å². The van der Waals surface area contributed by atoms with Gasteiger partial charge >= 0.3 is 0 Å². The molecule has 0 N–H and O–H groups in total. The number of rotatable bonds is 7. The molecule has 0 bridgehead atoms. The molecule has 108 valence electrons. The predicted molar refractivity (Wildman–Crippen MR) is 78.9 cm³/mol. The molecule has 0 fully saturated rings. The van der Waals surface area contributed by atoms with Crippen molar-refractivity contribution in [3.63, 3.8) is 0 Å². The molecule has 1 rings (SSSR count). The van der Waals surface area contributed by atoms with E-state index in [1.165, 1.54) is 12.1 Å². The summed E-state index contributed by atoms with van der Waals surface area (Å²) in [5.74, 6) is 0. The summed E-state index contributed by atoms with van der Waals surface area (Å²) in [6.07, 6.45) is 0.954. The van der Waals surface area contributed by atoms with E-state index in [2.05, 4.69) is 22.8 Å². The Morgan fingerprint density at radius 2 is 2.00 bits per heavy atom. The van der Waals surface area contributed by atoms with Gasteiger partial charge in [-0.05, 0) is 26.6 Å². The van der Waals surface area contributed by atoms with Crippen molar-refractivity contribution in [2.75, 3.05) is 38.6 Å². The zero-order valence-electron chi connectivity index (χ0n) is 12.2. The van der Waals surface area contributed by atoms with Gasteiger partial charge < -0.3 is 9.80 Å². The molecule has 0 aromatic heterocycles. The number of anilines is 1. The lowest BCUT2D eigenvalue weighted by atomic mass is 10.1. The van der Waals surface area contributed by atoms with E-state index >= 15 is 0 Å². The van der Waals surface area contributed by atoms with Gasteiger partial charge in [0, 0.05) is 31.8 Å². The number of hydrogen-bond acceptors (Lipinski definition) is 5. The van der Waals surface area contributed by atoms with E-state index in [1.54, 1.807) is 6.07 Å². The molecule has 0 aliphatic carbocycles. The van der Waals surface area contributed by atoms with Crippen LogP contribution in [0.3, 0.4) is 0 Å². The van der Waals surface area contributed by atoms with Crippen molar-refractivity contribution in [2.45, 2.75) is 13.3 Å². The maximum Gasteiger partial charge on any atom is 0.270 e. The first-order valence-electron chi connectivity index (χ1n) is 6.57. The van der Waals surface area contributed by atoms with Crippen LogP contribution >= 0.6 is 0 Å². The molecule has 6 nitrogen and oxygen atoms in total. The number of hydrogen-bond donors (Lipinski definition) is 0. The van der Waals surface area contributed by atoms with Gasteiger partial charge in [-0.1, -0.05) is 6.92 Å². The molecule has 20 heavy (non-hydrogen) atoms. The first kappa shape index (κ1) is 15.9. The average molecular weight is 276 g/mol. The highest BCUT2D eigenvalue weighted by Gasteiger charge is 2.15. The second kappa shape index (κ2) is 7.46. The van der Waals surface area contributed by atoms with Gasteiger partial charge in [-0.3, -0.25) is 10.1 Å². The summed E-state index contributed by atoms with van der Waals surface area (Å²) in [4.78, 5) is 14.5. The third kappa shape index (κ3) is 4.21. The molecule has 0 aliphatic rings. The third-order valence-corrected chi connectivity index (χ3v) is 2.96. The van der Waals surface area contributed by atoms with Crippen molar-refractivity contribution in [3.05, 3.63) is 33.9 Å². The summed E-state index contributed by atoms with van der Waals surface area (Å²) < 4.78 is 0. The predicted octanol–water partition coefficient (Wildman–Crippen LogP) is 2.24. The maximum absolute atomic E-state index is 10.8. The minimum Gasteiger partial charge on any atom is -0.369 e. The Bertz CT molecular complexity index is 508. The normalized spacial score (nSPS) is 10.3. The Balaban J connectivity index is 3.06. The number of nitriles is 1. The van der Waals surface area contributed by atoms with E-state index in [1.807, 2.05) is 14.1 Å². The summed E-state index contributed by atoms with van der Waals surface area (Å²) in [7, 11) is 3.98. The van der Waals surface area contributed by atoms with Crippen molar-refractivity contribution in [2.24, 2.45) is 0 Å². The van der Waals surface area contributed by atoms with E-state index in [0.29, 0.717) is 5.56 Å². The minimum absolute atomic E-state index is 0.0469. The number of nitro benzene ring substituents is 1. The lowest BCUT2D eigenvalue weighted by Gasteiger charge is -2.26. The Labute approximate surface area is 119 Å². The van der Waals surface area contributed by atoms with Crippen LogP contribution in [0, 0.1) is 21.4 Å². The topological polar surface area (TPSA) is 73.4 Å². The van der Waals surface area contributed by atoms with Gasteiger partial charge in [0.2, 0.25) is 0 Å². The smallest absolute Gasteiger partial charge is 0.270 e. The molecule has 1 aromatic rings. The number of non-ortho nitro benzene ring substituents is 1. The van der Waals surface area contributed by atoms with Crippen molar-refractivity contribution < 1.29 is 4.92 Å². The Kier molecular flexibility index (Phi) is 5.94. The molecule has 0 unspecified atom stereocenters. The largest absolute Gasteiger partial charge is 0.369 e. The molecule has 0 heterocycles. The lowest BCUT2D eigenvalue weighted by Crippen LogP contribution is -2.32. The van der Waals surface area contributed by atoms with Crippen molar-refractivity contribution in [1.29, 1.82) is 5.26 Å². The zero-order chi connectivity index (χ0) is 15.1. The fourth-order valence-electron chi connectivity index (χ4n) is 1.95. The number of nitro groups is 1. The Morgan fingerprint density at radius 1 is 1.30 bits per heavy atom. The number of benzene rings is 1. The van der Waals surface area contributed by atoms with Gasteiger partial charge in [-0.2, -0.15) is 5.26 Å². The highest BCUT2D eigenvalue weighted by molar-refractivity contribution is 5.63. The lowest BCUT2D eigenvalue weighted by molar-refractivity contribution is -0.384. The molecule has 0 spiro atoms. The van der Waals surface area contributed by atoms with Crippen molar-refractivity contribution in [3.8, 4) is 6.07 Å². The van der Waals surface area contributed by atoms with Crippen LogP contribution in [0.2, 0.25) is 0 Å². The van der Waals surface area contributed by atoms with Crippen LogP contribution in [-0.4, -0.2) is 43.6 Å². The highest BCUT2D eigenvalue weighted by Crippen LogP contribution is 2.25. The van der Waals surface area contributed by atoms with Gasteiger partial charge in [-0.15, -0.1) is 0 Å². The molecular weight excluding hydrogens is 256 g/mol. The first-order valence-corrected chi connectivity index (χ1v) is 6.57. The second-order valence-corrected chi connectivity index (χ2v) is 4.86. The maximum atomic E-state index is 10.8. The molecule has 6 heteroatoms. The van der Waals surface area contributed by atoms with Crippen molar-refractivity contribution >= 4 is 11.4 Å². The average Bonchev–Trinajstić information content (AvgIpc) is 2.42. The standard InChI is InChI=1S/C14H20N4O2/c1-4-7-17(9-8-16(2)3)14-6-5-13(18(19)20)10-12(14)11-15/h5-6,10H,4,7-9H2,1-3H3. The molecule has 0 saturated carbocycles. The van der Waals surface area contributed by atoms with Gasteiger partial charge in [0.15, 0.2) is 0 Å². The van der Waals surface area contributed by atoms with Crippen LogP contribution in [0.4, 0.5) is 11.4 Å². The Morgan fingerprint density at radius 3 is 2.50 bits per heavy atom. The van der Waals surface area contributed by atoms with Crippen LogP contribution in [0.5, 0.6) is 0 Å². The Hall–Kier alpha value is -2.13. The van der Waals surface area contributed by atoms with Gasteiger partial charge in [0.05, 0.1) is 16.2 Å². The molecule has 0 amide bonds. The second-order valence-electron chi connectivity index (χ2n) is 4.86. The van der Waals surface area contributed by atoms with Gasteiger partial charge in [0.1, 0.15) is 6.07 Å². The van der Waals surface area contributed by atoms with Crippen LogP contribution in [0.15, 0.2) is 18.2 Å². The summed E-state index contributed by atoms with van der Waals surface area (Å²) >= 11 is 0. The number of nitrogens with zero attached hydrogens (tertiary/aromatic N) is 4. The van der Waals surface area contributed by atoms with Crippen LogP contribution in [0.25, 0.3) is 0 Å². The monoisotopic (exact) mass is 276 g/mol. The summed E-state index contributed by atoms with van der Waals surface area (Å²) in [5, 5.41) is 20.0. The minimum atomic E-state index is -0.478. The van der Waals surface area contributed by atoms with E-state index in [0.717, 1.165) is 31.7 Å². The summed E-state index contributed by atoms with van der Waals surface area (Å²) in [6.45, 7) is 4.54. The quantitative estimate of drug-likeness (QED) is 0.564. The van der Waals surface area contributed by atoms with Crippen LogP contribution < -0.4 is 4.90 Å². The van der Waals surface area contributed by atoms with Crippen LogP contribution in [-0.2, 0) is 0 Å². The first-order chi connectivity index (χ1) is 9.49. The fourth-order valence-corrected chi connectivity index (χ4v) is 1.95. The van der Waals surface area contributed by atoms with E-state index in [9.17, 15) is 15.4 Å². The van der Waals surface area contributed by atoms with E-state index in [-0.39, 0.29) is 5.69 Å².